The van der Waals surface area contributed by atoms with Gasteiger partial charge < -0.3 is 20.3 Å². The summed E-state index contributed by atoms with van der Waals surface area (Å²) in [6.45, 7) is 6.05. The number of hydrogen-bond acceptors (Lipinski definition) is 4. The third-order valence-electron chi connectivity index (χ3n) is 4.32. The number of ether oxygens (including phenoxy) is 1. The smallest absolute Gasteiger partial charge is 0.241 e. The highest BCUT2D eigenvalue weighted by atomic mass is 127. The molecule has 1 amide bonds. The third-order valence-corrected chi connectivity index (χ3v) is 4.69. The van der Waals surface area contributed by atoms with E-state index in [1.54, 1.807) is 19.0 Å². The van der Waals surface area contributed by atoms with E-state index in [-0.39, 0.29) is 36.4 Å². The van der Waals surface area contributed by atoms with E-state index in [9.17, 15) is 4.79 Å². The Hall–Kier alpha value is -1.10. The molecule has 7 nitrogen and oxygen atoms in total. The third kappa shape index (κ3) is 9.40. The molecule has 28 heavy (non-hydrogen) atoms. The summed E-state index contributed by atoms with van der Waals surface area (Å²) in [5.41, 5.74) is 0.951. The van der Waals surface area contributed by atoms with Gasteiger partial charge in [-0.15, -0.1) is 24.0 Å². The number of hydrogen-bond donors (Lipinski definition) is 2. The lowest BCUT2D eigenvalue weighted by atomic mass is 10.2. The lowest BCUT2D eigenvalue weighted by Crippen LogP contribution is -2.44. The highest BCUT2D eigenvalue weighted by molar-refractivity contribution is 14.0. The van der Waals surface area contributed by atoms with Gasteiger partial charge >= 0.3 is 0 Å². The number of carbonyl (C=O) groups is 1. The van der Waals surface area contributed by atoms with Crippen molar-refractivity contribution >= 4 is 47.4 Å². The summed E-state index contributed by atoms with van der Waals surface area (Å²) in [4.78, 5) is 20.4. The van der Waals surface area contributed by atoms with Gasteiger partial charge in [-0.25, -0.2) is 4.99 Å². The molecule has 1 heterocycles. The summed E-state index contributed by atoms with van der Waals surface area (Å²) in [7, 11) is 3.47. The van der Waals surface area contributed by atoms with Gasteiger partial charge in [0.25, 0.3) is 0 Å². The normalized spacial score (nSPS) is 14.9. The van der Waals surface area contributed by atoms with Gasteiger partial charge in [-0.3, -0.25) is 9.69 Å². The first-order valence-corrected chi connectivity index (χ1v) is 9.70. The van der Waals surface area contributed by atoms with Crippen LogP contribution in [0, 0.1) is 0 Å². The average Bonchev–Trinajstić information content (AvgIpc) is 2.68. The van der Waals surface area contributed by atoms with Crippen LogP contribution in [0.3, 0.4) is 0 Å². The number of carbonyl (C=O) groups excluding carboxylic acids is 1. The second kappa shape index (κ2) is 14.0. The van der Waals surface area contributed by atoms with Crippen LogP contribution in [0.15, 0.2) is 29.3 Å². The first-order valence-electron chi connectivity index (χ1n) is 9.32. The molecule has 1 aromatic carbocycles. The van der Waals surface area contributed by atoms with E-state index in [0.29, 0.717) is 17.5 Å². The number of benzene rings is 1. The van der Waals surface area contributed by atoms with Gasteiger partial charge in [-0.2, -0.15) is 0 Å². The SMILES string of the molecule is CN(C)C(=O)CNC(=NCc1ccccc1Cl)NCCCN1CCOCC1.I. The van der Waals surface area contributed by atoms with Crippen LogP contribution in [0.5, 0.6) is 0 Å². The van der Waals surface area contributed by atoms with Crippen LogP contribution < -0.4 is 10.6 Å². The van der Waals surface area contributed by atoms with E-state index >= 15 is 0 Å². The van der Waals surface area contributed by atoms with E-state index in [1.807, 2.05) is 24.3 Å². The zero-order valence-electron chi connectivity index (χ0n) is 16.6. The number of morpholine rings is 1. The van der Waals surface area contributed by atoms with Crippen LogP contribution in [0.2, 0.25) is 5.02 Å². The van der Waals surface area contributed by atoms with E-state index in [0.717, 1.165) is 51.4 Å². The maximum atomic E-state index is 11.9. The van der Waals surface area contributed by atoms with Gasteiger partial charge in [0.15, 0.2) is 5.96 Å². The zero-order valence-corrected chi connectivity index (χ0v) is 19.7. The molecule has 0 unspecified atom stereocenters. The Balaban J connectivity index is 0.00000392. The molecule has 1 fully saturated rings. The molecule has 158 valence electrons. The van der Waals surface area contributed by atoms with Gasteiger partial charge in [0.2, 0.25) is 5.91 Å². The largest absolute Gasteiger partial charge is 0.379 e. The number of aliphatic imine (C=N–C) groups is 1. The Bertz CT molecular complexity index is 624. The fourth-order valence-corrected chi connectivity index (χ4v) is 2.81. The van der Waals surface area contributed by atoms with Crippen LogP contribution in [-0.2, 0) is 16.1 Å². The molecule has 0 atom stereocenters. The molecule has 1 aliphatic heterocycles. The van der Waals surface area contributed by atoms with Crippen molar-refractivity contribution in [1.29, 1.82) is 0 Å². The number of rotatable bonds is 8. The van der Waals surface area contributed by atoms with Crippen molar-refractivity contribution < 1.29 is 9.53 Å². The zero-order chi connectivity index (χ0) is 19.5. The van der Waals surface area contributed by atoms with Crippen LogP contribution in [-0.4, -0.2) is 81.7 Å². The molecule has 1 aromatic rings. The molecule has 0 aliphatic carbocycles. The van der Waals surface area contributed by atoms with Crippen molar-refractivity contribution in [2.24, 2.45) is 4.99 Å². The monoisotopic (exact) mass is 523 g/mol. The van der Waals surface area contributed by atoms with Gasteiger partial charge in [0.1, 0.15) is 0 Å². The quantitative estimate of drug-likeness (QED) is 0.235. The summed E-state index contributed by atoms with van der Waals surface area (Å²) in [6.07, 6.45) is 0.994. The molecule has 0 saturated carbocycles. The lowest BCUT2D eigenvalue weighted by Gasteiger charge is -2.26. The summed E-state index contributed by atoms with van der Waals surface area (Å²) in [5, 5.41) is 7.10. The summed E-state index contributed by atoms with van der Waals surface area (Å²) in [5.74, 6) is 0.614. The van der Waals surface area contributed by atoms with Crippen molar-refractivity contribution in [3.63, 3.8) is 0 Å². The summed E-state index contributed by atoms with van der Waals surface area (Å²) >= 11 is 6.20. The molecular weight excluding hydrogens is 493 g/mol. The average molecular weight is 524 g/mol. The van der Waals surface area contributed by atoms with Crippen LogP contribution in [0.4, 0.5) is 0 Å². The van der Waals surface area contributed by atoms with Crippen molar-refractivity contribution in [2.75, 3.05) is 60.0 Å². The molecule has 1 aliphatic rings. The van der Waals surface area contributed by atoms with E-state index in [2.05, 4.69) is 20.5 Å². The van der Waals surface area contributed by atoms with Crippen molar-refractivity contribution in [1.82, 2.24) is 20.4 Å². The number of likely N-dealkylation sites (N-methyl/N-ethyl adjacent to an activating group) is 1. The molecule has 1 saturated heterocycles. The van der Waals surface area contributed by atoms with Crippen molar-refractivity contribution in [3.05, 3.63) is 34.9 Å². The van der Waals surface area contributed by atoms with Gasteiger partial charge in [0, 0.05) is 38.8 Å². The minimum atomic E-state index is -0.00411. The Morgan fingerprint density at radius 3 is 2.64 bits per heavy atom. The predicted octanol–water partition coefficient (Wildman–Crippen LogP) is 1.80. The second-order valence-electron chi connectivity index (χ2n) is 6.63. The first kappa shape index (κ1) is 24.9. The topological polar surface area (TPSA) is 69.2 Å². The molecular formula is C19H31ClIN5O2. The Kier molecular flexibility index (Phi) is 12.4. The summed E-state index contributed by atoms with van der Waals surface area (Å²) in [6, 6.07) is 7.64. The Labute approximate surface area is 189 Å². The van der Waals surface area contributed by atoms with Crippen LogP contribution in [0.1, 0.15) is 12.0 Å². The lowest BCUT2D eigenvalue weighted by molar-refractivity contribution is -0.127. The van der Waals surface area contributed by atoms with Gasteiger partial charge in [0.05, 0.1) is 26.3 Å². The van der Waals surface area contributed by atoms with E-state index in [4.69, 9.17) is 16.3 Å². The molecule has 2 N–H and O–H groups in total. The Morgan fingerprint density at radius 1 is 1.25 bits per heavy atom. The molecule has 0 aromatic heterocycles. The molecule has 9 heteroatoms. The number of amides is 1. The first-order chi connectivity index (χ1) is 13.1. The second-order valence-corrected chi connectivity index (χ2v) is 7.04. The molecule has 0 bridgehead atoms. The predicted molar refractivity (Wildman–Crippen MR) is 125 cm³/mol. The van der Waals surface area contributed by atoms with Crippen LogP contribution in [0.25, 0.3) is 0 Å². The molecule has 0 spiro atoms. The fraction of sp³-hybridized carbons (Fsp3) is 0.579. The number of halogens is 2. The number of guanidine groups is 1. The highest BCUT2D eigenvalue weighted by Crippen LogP contribution is 2.15. The minimum Gasteiger partial charge on any atom is -0.379 e. The summed E-state index contributed by atoms with van der Waals surface area (Å²) < 4.78 is 5.37. The van der Waals surface area contributed by atoms with Gasteiger partial charge in [-0.1, -0.05) is 29.8 Å². The van der Waals surface area contributed by atoms with E-state index < -0.39 is 0 Å². The molecule has 0 radical (unpaired) electrons. The minimum absolute atomic E-state index is 0. The number of nitrogens with one attached hydrogen (secondary N) is 2. The maximum absolute atomic E-state index is 11.9. The number of nitrogens with zero attached hydrogens (tertiary/aromatic N) is 3. The maximum Gasteiger partial charge on any atom is 0.241 e. The van der Waals surface area contributed by atoms with Crippen molar-refractivity contribution in [3.8, 4) is 0 Å². The molecule has 2 rings (SSSR count). The van der Waals surface area contributed by atoms with Crippen molar-refractivity contribution in [2.45, 2.75) is 13.0 Å². The highest BCUT2D eigenvalue weighted by Gasteiger charge is 2.10. The Morgan fingerprint density at radius 2 is 1.96 bits per heavy atom. The van der Waals surface area contributed by atoms with Gasteiger partial charge in [-0.05, 0) is 24.6 Å². The standard InChI is InChI=1S/C19H30ClN5O2.HI/c1-24(2)18(26)15-23-19(22-14-16-6-3-4-7-17(16)20)21-8-5-9-25-10-12-27-13-11-25;/h3-4,6-7H,5,8-15H2,1-2H3,(H2,21,22,23);1H. The van der Waals surface area contributed by atoms with E-state index in [1.165, 1.54) is 0 Å². The van der Waals surface area contributed by atoms with Crippen LogP contribution >= 0.6 is 35.6 Å². The fourth-order valence-electron chi connectivity index (χ4n) is 2.62.